The number of benzene rings is 11. The SMILES string of the molecule is c1ccc(-c2cccc3c(-c4cccc5ccccc45)c4ccccc4c(-c4ccc(-c5ccc6ccccc6c5)cc4)c23)c(-c2cccc3ccccc23)c1. The van der Waals surface area contributed by atoms with Gasteiger partial charge < -0.3 is 0 Å². The average molecular weight is 709 g/mol. The quantitative estimate of drug-likeness (QED) is 0.156. The first-order valence-electron chi connectivity index (χ1n) is 19.4. The second-order valence-electron chi connectivity index (χ2n) is 14.8. The Morgan fingerprint density at radius 3 is 1.34 bits per heavy atom. The third-order valence-electron chi connectivity index (χ3n) is 11.7. The van der Waals surface area contributed by atoms with Crippen molar-refractivity contribution in [2.24, 2.45) is 0 Å². The predicted octanol–water partition coefficient (Wildman–Crippen LogP) is 15.8. The molecule has 0 atom stereocenters. The van der Waals surface area contributed by atoms with E-state index in [1.165, 1.54) is 109 Å². The molecule has 0 radical (unpaired) electrons. The molecule has 0 amide bonds. The molecule has 0 saturated heterocycles. The Hall–Kier alpha value is -7.28. The maximum absolute atomic E-state index is 2.34. The minimum absolute atomic E-state index is 1.20. The van der Waals surface area contributed by atoms with Gasteiger partial charge in [-0.2, -0.15) is 0 Å². The third kappa shape index (κ3) is 5.22. The zero-order valence-electron chi connectivity index (χ0n) is 30.8. The zero-order valence-corrected chi connectivity index (χ0v) is 30.8. The van der Waals surface area contributed by atoms with Crippen LogP contribution in [0.5, 0.6) is 0 Å². The van der Waals surface area contributed by atoms with Gasteiger partial charge >= 0.3 is 0 Å². The van der Waals surface area contributed by atoms with Crippen LogP contribution < -0.4 is 0 Å². The predicted molar refractivity (Wildman–Crippen MR) is 241 cm³/mol. The Labute approximate surface area is 326 Å². The Morgan fingerprint density at radius 2 is 0.625 bits per heavy atom. The van der Waals surface area contributed by atoms with Gasteiger partial charge in [-0.1, -0.05) is 212 Å². The van der Waals surface area contributed by atoms with Crippen molar-refractivity contribution in [3.63, 3.8) is 0 Å². The fourth-order valence-electron chi connectivity index (χ4n) is 9.10. The highest BCUT2D eigenvalue weighted by molar-refractivity contribution is 6.27. The van der Waals surface area contributed by atoms with Crippen molar-refractivity contribution in [2.45, 2.75) is 0 Å². The maximum atomic E-state index is 2.34. The van der Waals surface area contributed by atoms with Crippen molar-refractivity contribution in [1.29, 1.82) is 0 Å². The molecular weight excluding hydrogens is 673 g/mol. The summed E-state index contributed by atoms with van der Waals surface area (Å²) in [4.78, 5) is 0. The van der Waals surface area contributed by atoms with Crippen LogP contribution in [-0.4, -0.2) is 0 Å². The second-order valence-corrected chi connectivity index (χ2v) is 14.8. The van der Waals surface area contributed by atoms with E-state index in [1.54, 1.807) is 0 Å². The van der Waals surface area contributed by atoms with E-state index in [-0.39, 0.29) is 0 Å². The van der Waals surface area contributed by atoms with Gasteiger partial charge in [0.25, 0.3) is 0 Å². The molecule has 0 bridgehead atoms. The van der Waals surface area contributed by atoms with Crippen LogP contribution in [0, 0.1) is 0 Å². The van der Waals surface area contributed by atoms with E-state index in [0.717, 1.165) is 0 Å². The van der Waals surface area contributed by atoms with Crippen LogP contribution in [0.3, 0.4) is 0 Å². The molecule has 0 heteroatoms. The third-order valence-corrected chi connectivity index (χ3v) is 11.7. The lowest BCUT2D eigenvalue weighted by Crippen LogP contribution is -1.95. The molecule has 0 aliphatic heterocycles. The summed E-state index contributed by atoms with van der Waals surface area (Å²) < 4.78 is 0. The van der Waals surface area contributed by atoms with Crippen molar-refractivity contribution < 1.29 is 0 Å². The van der Waals surface area contributed by atoms with Gasteiger partial charge in [0.05, 0.1) is 0 Å². The fraction of sp³-hybridized carbons (Fsp3) is 0. The van der Waals surface area contributed by atoms with Crippen LogP contribution in [0.1, 0.15) is 0 Å². The molecule has 56 heavy (non-hydrogen) atoms. The van der Waals surface area contributed by atoms with Gasteiger partial charge in [0.15, 0.2) is 0 Å². The molecule has 260 valence electrons. The lowest BCUT2D eigenvalue weighted by atomic mass is 9.81. The summed E-state index contributed by atoms with van der Waals surface area (Å²) >= 11 is 0. The summed E-state index contributed by atoms with van der Waals surface area (Å²) in [6.07, 6.45) is 0. The van der Waals surface area contributed by atoms with Crippen LogP contribution >= 0.6 is 0 Å². The topological polar surface area (TPSA) is 0 Å². The van der Waals surface area contributed by atoms with Gasteiger partial charge in [-0.05, 0) is 116 Å². The van der Waals surface area contributed by atoms with E-state index in [0.29, 0.717) is 0 Å². The normalized spacial score (nSPS) is 11.6. The van der Waals surface area contributed by atoms with Gasteiger partial charge in [-0.3, -0.25) is 0 Å². The lowest BCUT2D eigenvalue weighted by molar-refractivity contribution is 1.61. The maximum Gasteiger partial charge on any atom is -0.00139 e. The number of rotatable bonds is 5. The second kappa shape index (κ2) is 13.2. The van der Waals surface area contributed by atoms with Gasteiger partial charge in [0.2, 0.25) is 0 Å². The highest BCUT2D eigenvalue weighted by atomic mass is 14.2. The molecule has 0 nitrogen and oxygen atoms in total. The largest absolute Gasteiger partial charge is 0.0616 e. The van der Waals surface area contributed by atoms with Crippen molar-refractivity contribution >= 4 is 53.9 Å². The molecule has 0 aliphatic rings. The van der Waals surface area contributed by atoms with E-state index >= 15 is 0 Å². The molecule has 11 aromatic carbocycles. The number of hydrogen-bond acceptors (Lipinski definition) is 0. The summed E-state index contributed by atoms with van der Waals surface area (Å²) in [7, 11) is 0. The first-order chi connectivity index (χ1) is 27.8. The van der Waals surface area contributed by atoms with Crippen LogP contribution in [0.4, 0.5) is 0 Å². The first kappa shape index (κ1) is 32.2. The standard InChI is InChI=1S/C56H36/c1-2-17-42-36-43(35-32-37(42)14-1)38-30-33-41(34-31-38)54-51-24-9-10-25-52(51)55(49-27-12-19-40-16-4-6-21-45(40)49)53-29-13-28-50(56(53)54)48-23-8-7-22-47(48)46-26-11-18-39-15-3-5-20-44(39)46/h1-36H. The molecule has 0 unspecified atom stereocenters. The summed E-state index contributed by atoms with van der Waals surface area (Å²) in [5, 5.41) is 12.5. The van der Waals surface area contributed by atoms with Gasteiger partial charge in [0, 0.05) is 0 Å². The van der Waals surface area contributed by atoms with Crippen molar-refractivity contribution in [2.75, 3.05) is 0 Å². The van der Waals surface area contributed by atoms with E-state index in [2.05, 4.69) is 218 Å². The molecule has 0 aliphatic carbocycles. The zero-order chi connectivity index (χ0) is 37.0. The molecule has 0 aromatic heterocycles. The highest BCUT2D eigenvalue weighted by Crippen LogP contribution is 2.49. The van der Waals surface area contributed by atoms with Gasteiger partial charge in [-0.15, -0.1) is 0 Å². The summed E-state index contributed by atoms with van der Waals surface area (Å²) in [5.74, 6) is 0. The average Bonchev–Trinajstić information content (AvgIpc) is 3.27. The Kier molecular flexibility index (Phi) is 7.60. The van der Waals surface area contributed by atoms with E-state index < -0.39 is 0 Å². The Balaban J connectivity index is 1.23. The van der Waals surface area contributed by atoms with Crippen molar-refractivity contribution in [1.82, 2.24) is 0 Å². The van der Waals surface area contributed by atoms with Gasteiger partial charge in [0.1, 0.15) is 0 Å². The van der Waals surface area contributed by atoms with Crippen LogP contribution in [0.2, 0.25) is 0 Å². The Morgan fingerprint density at radius 1 is 0.196 bits per heavy atom. The highest BCUT2D eigenvalue weighted by Gasteiger charge is 2.22. The van der Waals surface area contributed by atoms with E-state index in [1.807, 2.05) is 0 Å². The Bertz CT molecular complexity index is 3280. The van der Waals surface area contributed by atoms with Crippen LogP contribution in [0.25, 0.3) is 109 Å². The fourth-order valence-corrected chi connectivity index (χ4v) is 9.10. The summed E-state index contributed by atoms with van der Waals surface area (Å²) in [5.41, 5.74) is 12.3. The molecule has 11 rings (SSSR count). The molecule has 0 heterocycles. The van der Waals surface area contributed by atoms with Crippen molar-refractivity contribution in [3.8, 4) is 55.6 Å². The summed E-state index contributed by atoms with van der Waals surface area (Å²) in [6.45, 7) is 0. The minimum Gasteiger partial charge on any atom is -0.0616 e. The van der Waals surface area contributed by atoms with E-state index in [9.17, 15) is 0 Å². The molecular formula is C56H36. The summed E-state index contributed by atoms with van der Waals surface area (Å²) in [6, 6.07) is 80.5. The van der Waals surface area contributed by atoms with Crippen LogP contribution in [0.15, 0.2) is 218 Å². The molecule has 0 fully saturated rings. The molecule has 0 saturated carbocycles. The van der Waals surface area contributed by atoms with E-state index in [4.69, 9.17) is 0 Å². The molecule has 0 spiro atoms. The van der Waals surface area contributed by atoms with Gasteiger partial charge in [-0.25, -0.2) is 0 Å². The smallest absolute Gasteiger partial charge is 0.00139 e. The number of hydrogen-bond donors (Lipinski definition) is 0. The lowest BCUT2D eigenvalue weighted by Gasteiger charge is -2.22. The number of fused-ring (bicyclic) bond motifs is 5. The molecule has 11 aromatic rings. The van der Waals surface area contributed by atoms with Crippen molar-refractivity contribution in [3.05, 3.63) is 218 Å². The van der Waals surface area contributed by atoms with Crippen LogP contribution in [-0.2, 0) is 0 Å². The molecule has 0 N–H and O–H groups in total. The monoisotopic (exact) mass is 708 g/mol. The minimum atomic E-state index is 1.20. The first-order valence-corrected chi connectivity index (χ1v) is 19.4.